The molecular formula is C18H17N5O2S. The Morgan fingerprint density at radius 3 is 2.81 bits per heavy atom. The molecule has 0 spiro atoms. The molecule has 0 atom stereocenters. The standard InChI is InChI=1S/C18H17N5O2S/c1-12-6-8-13(9-7-12)16(25)11-26-18-20-17(22-23-18)21-19-10-14-4-2-3-5-15(14)24/h2-10,24H,11H2,1H3,(H2,20,21,22,23)/b19-10+. The number of ketones is 1. The van der Waals surface area contributed by atoms with Crippen LogP contribution in [0.3, 0.4) is 0 Å². The lowest BCUT2D eigenvalue weighted by Crippen LogP contribution is -2.02. The molecule has 3 N–H and O–H groups in total. The number of Topliss-reactive ketones (excluding diaryl/α,β-unsaturated/α-hetero) is 1. The highest BCUT2D eigenvalue weighted by Gasteiger charge is 2.09. The lowest BCUT2D eigenvalue weighted by molar-refractivity contribution is 0.102. The number of H-pyrrole nitrogens is 1. The zero-order valence-electron chi connectivity index (χ0n) is 14.0. The molecule has 0 aliphatic carbocycles. The number of hydrogen-bond donors (Lipinski definition) is 3. The number of aryl methyl sites for hydroxylation is 1. The number of thioether (sulfide) groups is 1. The summed E-state index contributed by atoms with van der Waals surface area (Å²) in [6.45, 7) is 1.98. The minimum absolute atomic E-state index is 0.0203. The second-order valence-electron chi connectivity index (χ2n) is 5.47. The fourth-order valence-electron chi connectivity index (χ4n) is 2.07. The summed E-state index contributed by atoms with van der Waals surface area (Å²) in [5.74, 6) is 0.761. The fraction of sp³-hybridized carbons (Fsp3) is 0.111. The molecule has 1 heterocycles. The van der Waals surface area contributed by atoms with Crippen LogP contribution in [-0.4, -0.2) is 38.0 Å². The largest absolute Gasteiger partial charge is 0.507 e. The van der Waals surface area contributed by atoms with Crippen LogP contribution in [0, 0.1) is 6.92 Å². The predicted molar refractivity (Wildman–Crippen MR) is 102 cm³/mol. The number of nitrogens with zero attached hydrogens (tertiary/aromatic N) is 3. The van der Waals surface area contributed by atoms with Crippen LogP contribution in [-0.2, 0) is 0 Å². The van der Waals surface area contributed by atoms with Gasteiger partial charge in [0, 0.05) is 11.1 Å². The Morgan fingerprint density at radius 1 is 1.27 bits per heavy atom. The predicted octanol–water partition coefficient (Wildman–Crippen LogP) is 3.24. The van der Waals surface area contributed by atoms with Gasteiger partial charge in [0.05, 0.1) is 12.0 Å². The van der Waals surface area contributed by atoms with Gasteiger partial charge in [-0.3, -0.25) is 4.79 Å². The third-order valence-electron chi connectivity index (χ3n) is 3.48. The lowest BCUT2D eigenvalue weighted by Gasteiger charge is -1.99. The van der Waals surface area contributed by atoms with Crippen LogP contribution in [0.5, 0.6) is 5.75 Å². The summed E-state index contributed by atoms with van der Waals surface area (Å²) in [7, 11) is 0. The number of anilines is 1. The van der Waals surface area contributed by atoms with Crippen molar-refractivity contribution in [3.63, 3.8) is 0 Å². The number of nitrogens with one attached hydrogen (secondary N) is 2. The molecule has 8 heteroatoms. The first-order valence-electron chi connectivity index (χ1n) is 7.84. The van der Waals surface area contributed by atoms with E-state index in [-0.39, 0.29) is 17.3 Å². The van der Waals surface area contributed by atoms with Gasteiger partial charge in [0.15, 0.2) is 5.78 Å². The molecule has 0 saturated carbocycles. The highest BCUT2D eigenvalue weighted by molar-refractivity contribution is 7.99. The van der Waals surface area contributed by atoms with Crippen molar-refractivity contribution in [3.8, 4) is 5.75 Å². The third kappa shape index (κ3) is 4.70. The Hall–Kier alpha value is -3.13. The molecule has 26 heavy (non-hydrogen) atoms. The minimum Gasteiger partial charge on any atom is -0.507 e. The van der Waals surface area contributed by atoms with Crippen molar-refractivity contribution in [2.75, 3.05) is 11.2 Å². The van der Waals surface area contributed by atoms with Crippen molar-refractivity contribution in [2.45, 2.75) is 12.1 Å². The van der Waals surface area contributed by atoms with Crippen LogP contribution in [0.15, 0.2) is 58.8 Å². The normalized spacial score (nSPS) is 11.0. The van der Waals surface area contributed by atoms with Crippen LogP contribution >= 0.6 is 11.8 Å². The van der Waals surface area contributed by atoms with Gasteiger partial charge in [-0.1, -0.05) is 53.7 Å². The van der Waals surface area contributed by atoms with E-state index in [4.69, 9.17) is 0 Å². The van der Waals surface area contributed by atoms with E-state index in [2.05, 4.69) is 25.7 Å². The lowest BCUT2D eigenvalue weighted by atomic mass is 10.1. The number of rotatable bonds is 7. The number of aromatic amines is 1. The molecule has 3 aromatic rings. The SMILES string of the molecule is Cc1ccc(C(=O)CSc2n[nH]c(N/N=C/c3ccccc3O)n2)cc1. The molecule has 0 bridgehead atoms. The molecule has 0 unspecified atom stereocenters. The maximum Gasteiger partial charge on any atom is 0.240 e. The van der Waals surface area contributed by atoms with Gasteiger partial charge in [-0.15, -0.1) is 5.10 Å². The summed E-state index contributed by atoms with van der Waals surface area (Å²) in [5, 5.41) is 20.8. The topological polar surface area (TPSA) is 103 Å². The van der Waals surface area contributed by atoms with Crippen molar-refractivity contribution in [1.82, 2.24) is 15.2 Å². The summed E-state index contributed by atoms with van der Waals surface area (Å²) >= 11 is 1.25. The molecule has 7 nitrogen and oxygen atoms in total. The fourth-order valence-corrected chi connectivity index (χ4v) is 2.77. The first kappa shape index (κ1) is 17.7. The van der Waals surface area contributed by atoms with Gasteiger partial charge in [0.2, 0.25) is 11.1 Å². The van der Waals surface area contributed by atoms with Gasteiger partial charge in [-0.25, -0.2) is 10.5 Å². The van der Waals surface area contributed by atoms with Crippen molar-refractivity contribution >= 4 is 29.7 Å². The summed E-state index contributed by atoms with van der Waals surface area (Å²) in [4.78, 5) is 16.3. The summed E-state index contributed by atoms with van der Waals surface area (Å²) in [6.07, 6.45) is 1.48. The highest BCUT2D eigenvalue weighted by Crippen LogP contribution is 2.17. The second kappa shape index (κ2) is 8.30. The number of hydrogen-bond acceptors (Lipinski definition) is 7. The first-order valence-corrected chi connectivity index (χ1v) is 8.82. The summed E-state index contributed by atoms with van der Waals surface area (Å²) in [5.41, 5.74) is 5.06. The Bertz CT molecular complexity index is 921. The zero-order valence-corrected chi connectivity index (χ0v) is 14.8. The molecule has 0 aliphatic rings. The van der Waals surface area contributed by atoms with E-state index in [0.717, 1.165) is 5.56 Å². The quantitative estimate of drug-likeness (QED) is 0.256. The van der Waals surface area contributed by atoms with E-state index in [0.29, 0.717) is 22.2 Å². The number of carbonyl (C=O) groups excluding carboxylic acids is 1. The molecule has 1 aromatic heterocycles. The number of aromatic hydroxyl groups is 1. The average molecular weight is 367 g/mol. The van der Waals surface area contributed by atoms with Gasteiger partial charge in [0.1, 0.15) is 5.75 Å². The van der Waals surface area contributed by atoms with Crippen LogP contribution in [0.25, 0.3) is 0 Å². The summed E-state index contributed by atoms with van der Waals surface area (Å²) < 4.78 is 0. The summed E-state index contributed by atoms with van der Waals surface area (Å²) in [6, 6.07) is 14.3. The van der Waals surface area contributed by atoms with Crippen LogP contribution in [0.2, 0.25) is 0 Å². The molecular weight excluding hydrogens is 350 g/mol. The van der Waals surface area contributed by atoms with Gasteiger partial charge in [0.25, 0.3) is 0 Å². The van der Waals surface area contributed by atoms with Crippen molar-refractivity contribution in [2.24, 2.45) is 5.10 Å². The van der Waals surface area contributed by atoms with Gasteiger partial charge in [-0.2, -0.15) is 10.1 Å². The molecule has 2 aromatic carbocycles. The molecule has 3 rings (SSSR count). The third-order valence-corrected chi connectivity index (χ3v) is 4.33. The Labute approximate surface area is 154 Å². The molecule has 0 fully saturated rings. The molecule has 0 amide bonds. The zero-order chi connectivity index (χ0) is 18.4. The Kier molecular flexibility index (Phi) is 5.65. The minimum atomic E-state index is 0.0203. The van der Waals surface area contributed by atoms with Crippen LogP contribution in [0.1, 0.15) is 21.5 Å². The van der Waals surface area contributed by atoms with E-state index in [1.807, 2.05) is 31.2 Å². The molecule has 0 aliphatic heterocycles. The van der Waals surface area contributed by atoms with E-state index in [1.54, 1.807) is 24.3 Å². The van der Waals surface area contributed by atoms with Gasteiger partial charge in [-0.05, 0) is 19.1 Å². The number of phenolic OH excluding ortho intramolecular Hbond substituents is 1. The van der Waals surface area contributed by atoms with E-state index in [9.17, 15) is 9.90 Å². The monoisotopic (exact) mass is 367 g/mol. The van der Waals surface area contributed by atoms with Crippen molar-refractivity contribution in [3.05, 3.63) is 65.2 Å². The van der Waals surface area contributed by atoms with Crippen molar-refractivity contribution in [1.29, 1.82) is 0 Å². The second-order valence-corrected chi connectivity index (χ2v) is 6.42. The van der Waals surface area contributed by atoms with E-state index >= 15 is 0 Å². The number of phenols is 1. The van der Waals surface area contributed by atoms with E-state index < -0.39 is 0 Å². The molecule has 132 valence electrons. The van der Waals surface area contributed by atoms with E-state index in [1.165, 1.54) is 18.0 Å². The van der Waals surface area contributed by atoms with Crippen molar-refractivity contribution < 1.29 is 9.90 Å². The number of benzene rings is 2. The number of hydrazone groups is 1. The van der Waals surface area contributed by atoms with Gasteiger partial charge >= 0.3 is 0 Å². The Balaban J connectivity index is 1.52. The first-order chi connectivity index (χ1) is 12.6. The average Bonchev–Trinajstić information content (AvgIpc) is 3.10. The number of aromatic nitrogens is 3. The maximum atomic E-state index is 12.1. The highest BCUT2D eigenvalue weighted by atomic mass is 32.2. The number of para-hydroxylation sites is 1. The van der Waals surface area contributed by atoms with Gasteiger partial charge < -0.3 is 5.11 Å². The molecule has 0 saturated heterocycles. The smallest absolute Gasteiger partial charge is 0.240 e. The van der Waals surface area contributed by atoms with Crippen LogP contribution in [0.4, 0.5) is 5.95 Å². The maximum absolute atomic E-state index is 12.1. The molecule has 0 radical (unpaired) electrons. The number of carbonyl (C=O) groups is 1. The van der Waals surface area contributed by atoms with Crippen LogP contribution < -0.4 is 5.43 Å². The Morgan fingerprint density at radius 2 is 2.04 bits per heavy atom.